The molecular formula is C53H102O6. The molecule has 350 valence electrons. The third-order valence-electron chi connectivity index (χ3n) is 12.3. The Morgan fingerprint density at radius 2 is 0.644 bits per heavy atom. The second kappa shape index (κ2) is 45.9. The van der Waals surface area contributed by atoms with Crippen molar-refractivity contribution in [1.82, 2.24) is 0 Å². The highest BCUT2D eigenvalue weighted by Crippen LogP contribution is 2.18. The summed E-state index contributed by atoms with van der Waals surface area (Å²) in [5.74, 6) is 0.865. The van der Waals surface area contributed by atoms with Crippen molar-refractivity contribution in [3.05, 3.63) is 0 Å². The Hall–Kier alpha value is -1.59. The Morgan fingerprint density at radius 1 is 0.356 bits per heavy atom. The zero-order valence-electron chi connectivity index (χ0n) is 40.4. The molecule has 6 nitrogen and oxygen atoms in total. The van der Waals surface area contributed by atoms with E-state index in [9.17, 15) is 14.4 Å². The molecule has 0 rings (SSSR count). The van der Waals surface area contributed by atoms with Crippen molar-refractivity contribution in [2.45, 2.75) is 298 Å². The molecule has 0 aliphatic heterocycles. The zero-order valence-corrected chi connectivity index (χ0v) is 40.4. The summed E-state index contributed by atoms with van der Waals surface area (Å²) in [7, 11) is 0. The fourth-order valence-electron chi connectivity index (χ4n) is 7.96. The highest BCUT2D eigenvalue weighted by atomic mass is 16.6. The van der Waals surface area contributed by atoms with Gasteiger partial charge in [-0.05, 0) is 31.1 Å². The van der Waals surface area contributed by atoms with Gasteiger partial charge >= 0.3 is 17.9 Å². The maximum Gasteiger partial charge on any atom is 0.306 e. The van der Waals surface area contributed by atoms with Crippen molar-refractivity contribution in [2.24, 2.45) is 11.8 Å². The van der Waals surface area contributed by atoms with Gasteiger partial charge in [0.25, 0.3) is 0 Å². The molecule has 0 spiro atoms. The Labute approximate surface area is 368 Å². The van der Waals surface area contributed by atoms with Gasteiger partial charge < -0.3 is 14.2 Å². The number of ether oxygens (including phenoxy) is 3. The number of carbonyl (C=O) groups is 3. The molecule has 0 radical (unpaired) electrons. The van der Waals surface area contributed by atoms with Crippen LogP contribution < -0.4 is 0 Å². The quantitative estimate of drug-likeness (QED) is 0.0345. The number of esters is 3. The summed E-state index contributed by atoms with van der Waals surface area (Å²) >= 11 is 0. The molecule has 0 aromatic heterocycles. The lowest BCUT2D eigenvalue weighted by atomic mass is 9.99. The predicted molar refractivity (Wildman–Crippen MR) is 252 cm³/mol. The zero-order chi connectivity index (χ0) is 43.3. The van der Waals surface area contributed by atoms with E-state index in [1.54, 1.807) is 0 Å². The van der Waals surface area contributed by atoms with Crippen LogP contribution in [0.4, 0.5) is 0 Å². The van der Waals surface area contributed by atoms with E-state index in [2.05, 4.69) is 34.6 Å². The largest absolute Gasteiger partial charge is 0.462 e. The number of hydrogen-bond acceptors (Lipinski definition) is 6. The summed E-state index contributed by atoms with van der Waals surface area (Å²) in [5, 5.41) is 0. The van der Waals surface area contributed by atoms with Crippen molar-refractivity contribution in [1.29, 1.82) is 0 Å². The molecule has 0 heterocycles. The molecule has 0 aliphatic carbocycles. The molecule has 0 saturated heterocycles. The van der Waals surface area contributed by atoms with Crippen LogP contribution in [0.15, 0.2) is 0 Å². The Kier molecular flexibility index (Phi) is 44.7. The van der Waals surface area contributed by atoms with Crippen LogP contribution in [0.2, 0.25) is 0 Å². The van der Waals surface area contributed by atoms with Crippen molar-refractivity contribution >= 4 is 17.9 Å². The summed E-state index contributed by atoms with van der Waals surface area (Å²) in [6.45, 7) is 11.4. The average molecular weight is 835 g/mol. The normalized spacial score (nSPS) is 12.5. The van der Waals surface area contributed by atoms with E-state index in [0.717, 1.165) is 69.6 Å². The van der Waals surface area contributed by atoms with Gasteiger partial charge in [0.1, 0.15) is 13.2 Å². The minimum Gasteiger partial charge on any atom is -0.462 e. The van der Waals surface area contributed by atoms with Gasteiger partial charge in [-0.3, -0.25) is 14.4 Å². The van der Waals surface area contributed by atoms with Crippen LogP contribution in [0.25, 0.3) is 0 Å². The smallest absolute Gasteiger partial charge is 0.306 e. The number of carbonyl (C=O) groups excluding carboxylic acids is 3. The van der Waals surface area contributed by atoms with Crippen molar-refractivity contribution in [2.75, 3.05) is 13.2 Å². The monoisotopic (exact) mass is 835 g/mol. The molecule has 0 saturated carbocycles. The molecule has 59 heavy (non-hydrogen) atoms. The fourth-order valence-corrected chi connectivity index (χ4v) is 7.96. The highest BCUT2D eigenvalue weighted by Gasteiger charge is 2.19. The standard InChI is InChI=1S/C53H102O6/c1-6-8-9-10-11-12-23-28-33-38-43-51(54)57-46-50(47-58-52(55)44-39-34-29-24-20-19-22-27-32-37-42-49(5)7-2)59-53(56)45-40-35-30-25-18-16-14-13-15-17-21-26-31-36-41-48(3)4/h48-50H,6-47H2,1-5H3/t49?,50-/m1/s1. The first-order valence-corrected chi connectivity index (χ1v) is 26.3. The molecule has 1 unspecified atom stereocenters. The van der Waals surface area contributed by atoms with Crippen LogP contribution in [-0.2, 0) is 28.6 Å². The van der Waals surface area contributed by atoms with E-state index in [4.69, 9.17) is 14.2 Å². The summed E-state index contributed by atoms with van der Waals surface area (Å²) in [6, 6.07) is 0. The topological polar surface area (TPSA) is 78.9 Å². The van der Waals surface area contributed by atoms with E-state index in [1.807, 2.05) is 0 Å². The van der Waals surface area contributed by atoms with Crippen molar-refractivity contribution < 1.29 is 28.6 Å². The molecule has 0 amide bonds. The van der Waals surface area contributed by atoms with Gasteiger partial charge in [0.15, 0.2) is 6.10 Å². The van der Waals surface area contributed by atoms with Gasteiger partial charge in [0, 0.05) is 19.3 Å². The first kappa shape index (κ1) is 57.4. The number of unbranched alkanes of at least 4 members (excludes halogenated alkanes) is 31. The number of rotatable bonds is 47. The maximum absolute atomic E-state index is 12.8. The molecule has 0 aromatic rings. The van der Waals surface area contributed by atoms with Gasteiger partial charge in [-0.25, -0.2) is 0 Å². The predicted octanol–water partition coefficient (Wildman–Crippen LogP) is 16.9. The third kappa shape index (κ3) is 45.8. The minimum absolute atomic E-state index is 0.0637. The maximum atomic E-state index is 12.8. The van der Waals surface area contributed by atoms with Gasteiger partial charge in [0.05, 0.1) is 0 Å². The Balaban J connectivity index is 4.29. The second-order valence-corrected chi connectivity index (χ2v) is 18.9. The van der Waals surface area contributed by atoms with E-state index < -0.39 is 6.10 Å². The lowest BCUT2D eigenvalue weighted by Crippen LogP contribution is -2.30. The Morgan fingerprint density at radius 3 is 0.966 bits per heavy atom. The molecule has 0 aliphatic rings. The van der Waals surface area contributed by atoms with E-state index in [-0.39, 0.29) is 31.1 Å². The van der Waals surface area contributed by atoms with Crippen molar-refractivity contribution in [3.8, 4) is 0 Å². The molecule has 0 fully saturated rings. The molecule has 0 bridgehead atoms. The minimum atomic E-state index is -0.761. The van der Waals surface area contributed by atoms with Crippen LogP contribution in [0.3, 0.4) is 0 Å². The summed E-state index contributed by atoms with van der Waals surface area (Å²) in [4.78, 5) is 37.9. The summed E-state index contributed by atoms with van der Waals surface area (Å²) in [6.07, 6.45) is 46.5. The van der Waals surface area contributed by atoms with Crippen LogP contribution >= 0.6 is 0 Å². The van der Waals surface area contributed by atoms with Crippen LogP contribution in [0.5, 0.6) is 0 Å². The molecular weight excluding hydrogens is 733 g/mol. The van der Waals surface area contributed by atoms with Gasteiger partial charge in [-0.1, -0.05) is 253 Å². The van der Waals surface area contributed by atoms with Gasteiger partial charge in [-0.2, -0.15) is 0 Å². The molecule has 0 aromatic carbocycles. The van der Waals surface area contributed by atoms with Gasteiger partial charge in [0.2, 0.25) is 0 Å². The number of hydrogen-bond donors (Lipinski definition) is 0. The van der Waals surface area contributed by atoms with Crippen LogP contribution in [0, 0.1) is 11.8 Å². The van der Waals surface area contributed by atoms with E-state index in [1.165, 1.54) is 180 Å². The molecule has 2 atom stereocenters. The first-order chi connectivity index (χ1) is 28.8. The van der Waals surface area contributed by atoms with E-state index >= 15 is 0 Å². The molecule has 6 heteroatoms. The first-order valence-electron chi connectivity index (χ1n) is 26.3. The lowest BCUT2D eigenvalue weighted by molar-refractivity contribution is -0.167. The van der Waals surface area contributed by atoms with Gasteiger partial charge in [-0.15, -0.1) is 0 Å². The highest BCUT2D eigenvalue weighted by molar-refractivity contribution is 5.71. The van der Waals surface area contributed by atoms with E-state index in [0.29, 0.717) is 19.3 Å². The average Bonchev–Trinajstić information content (AvgIpc) is 3.22. The van der Waals surface area contributed by atoms with Crippen LogP contribution in [-0.4, -0.2) is 37.2 Å². The van der Waals surface area contributed by atoms with Crippen molar-refractivity contribution in [3.63, 3.8) is 0 Å². The lowest BCUT2D eigenvalue weighted by Gasteiger charge is -2.18. The summed E-state index contributed by atoms with van der Waals surface area (Å²) < 4.78 is 16.8. The SMILES string of the molecule is CCCCCCCCCCCCC(=O)OC[C@H](COC(=O)CCCCCCCCCCCCC(C)CC)OC(=O)CCCCCCCCCCCCCCCCC(C)C. The third-order valence-corrected chi connectivity index (χ3v) is 12.3. The summed E-state index contributed by atoms with van der Waals surface area (Å²) in [5.41, 5.74) is 0. The van der Waals surface area contributed by atoms with Crippen LogP contribution in [0.1, 0.15) is 291 Å². The fraction of sp³-hybridized carbons (Fsp3) is 0.943. The molecule has 0 N–H and O–H groups in total. The Bertz CT molecular complexity index is 902. The second-order valence-electron chi connectivity index (χ2n) is 18.9.